The Balaban J connectivity index is 2.01. The van der Waals surface area contributed by atoms with Crippen LogP contribution in [0.25, 0.3) is 0 Å². The van der Waals surface area contributed by atoms with Crippen molar-refractivity contribution < 1.29 is 14.6 Å². The van der Waals surface area contributed by atoms with Crippen molar-refractivity contribution in [2.75, 3.05) is 19.8 Å². The van der Waals surface area contributed by atoms with E-state index in [1.54, 1.807) is 4.90 Å². The Hall–Kier alpha value is -1.55. The number of carbonyl (C=O) groups is 1. The zero-order chi connectivity index (χ0) is 15.5. The molecule has 4 nitrogen and oxygen atoms in total. The van der Waals surface area contributed by atoms with Gasteiger partial charge < -0.3 is 14.7 Å². The fourth-order valence-electron chi connectivity index (χ4n) is 2.44. The first-order chi connectivity index (χ1) is 9.93. The number of rotatable bonds is 6. The van der Waals surface area contributed by atoms with Gasteiger partial charge in [-0.25, -0.2) is 0 Å². The Labute approximate surface area is 126 Å². The smallest absolute Gasteiger partial charge is 0.260 e. The van der Waals surface area contributed by atoms with E-state index >= 15 is 0 Å². The fraction of sp³-hybridized carbons (Fsp3) is 0.588. The summed E-state index contributed by atoms with van der Waals surface area (Å²) in [7, 11) is 0. The van der Waals surface area contributed by atoms with E-state index in [0.717, 1.165) is 24.2 Å². The average Bonchev–Trinajstić information content (AvgIpc) is 3.26. The Morgan fingerprint density at radius 3 is 2.57 bits per heavy atom. The summed E-state index contributed by atoms with van der Waals surface area (Å²) in [4.78, 5) is 14.0. The first-order valence-corrected chi connectivity index (χ1v) is 7.56. The van der Waals surface area contributed by atoms with Gasteiger partial charge in [0.25, 0.3) is 5.91 Å². The molecule has 1 aromatic rings. The maximum absolute atomic E-state index is 12.2. The zero-order valence-corrected chi connectivity index (χ0v) is 13.1. The van der Waals surface area contributed by atoms with Crippen molar-refractivity contribution in [3.63, 3.8) is 0 Å². The van der Waals surface area contributed by atoms with Gasteiger partial charge in [0.05, 0.1) is 6.61 Å². The molecular formula is C17H25NO3. The van der Waals surface area contributed by atoms with Gasteiger partial charge in [-0.1, -0.05) is 39.0 Å². The van der Waals surface area contributed by atoms with Crippen LogP contribution < -0.4 is 4.74 Å². The predicted octanol–water partition coefficient (Wildman–Crippen LogP) is 2.35. The van der Waals surface area contributed by atoms with E-state index in [1.807, 2.05) is 24.3 Å². The Morgan fingerprint density at radius 2 is 2.00 bits per heavy atom. The highest BCUT2D eigenvalue weighted by Gasteiger charge is 2.32. The number of para-hydroxylation sites is 1. The number of aliphatic hydroxyl groups excluding tert-OH is 1. The molecule has 0 bridgehead atoms. The van der Waals surface area contributed by atoms with Crippen LogP contribution in [0, 0.1) is 0 Å². The lowest BCUT2D eigenvalue weighted by Crippen LogP contribution is -2.38. The van der Waals surface area contributed by atoms with Gasteiger partial charge >= 0.3 is 0 Å². The number of nitrogens with zero attached hydrogens (tertiary/aromatic N) is 1. The largest absolute Gasteiger partial charge is 0.483 e. The van der Waals surface area contributed by atoms with Crippen molar-refractivity contribution in [2.24, 2.45) is 0 Å². The van der Waals surface area contributed by atoms with E-state index in [4.69, 9.17) is 9.84 Å². The number of amides is 1. The second-order valence-corrected chi connectivity index (χ2v) is 6.58. The van der Waals surface area contributed by atoms with Gasteiger partial charge in [0.1, 0.15) is 5.75 Å². The van der Waals surface area contributed by atoms with E-state index in [0.29, 0.717) is 12.6 Å². The molecule has 1 N–H and O–H groups in total. The van der Waals surface area contributed by atoms with Crippen molar-refractivity contribution in [2.45, 2.75) is 45.1 Å². The third-order valence-corrected chi connectivity index (χ3v) is 3.70. The number of carbonyl (C=O) groups excluding carboxylic acids is 1. The number of aliphatic hydroxyl groups is 1. The van der Waals surface area contributed by atoms with Crippen molar-refractivity contribution in [3.05, 3.63) is 29.8 Å². The highest BCUT2D eigenvalue weighted by atomic mass is 16.5. The van der Waals surface area contributed by atoms with Gasteiger partial charge in [-0.3, -0.25) is 4.79 Å². The first kappa shape index (κ1) is 15.8. The van der Waals surface area contributed by atoms with Gasteiger partial charge in [-0.2, -0.15) is 0 Å². The lowest BCUT2D eigenvalue weighted by Gasteiger charge is -2.24. The van der Waals surface area contributed by atoms with Gasteiger partial charge in [0, 0.05) is 12.6 Å². The van der Waals surface area contributed by atoms with Crippen molar-refractivity contribution >= 4 is 5.91 Å². The number of ether oxygens (including phenoxy) is 1. The minimum Gasteiger partial charge on any atom is -0.483 e. The summed E-state index contributed by atoms with van der Waals surface area (Å²) in [6.45, 7) is 6.80. The molecule has 21 heavy (non-hydrogen) atoms. The molecule has 1 aliphatic rings. The van der Waals surface area contributed by atoms with Gasteiger partial charge in [-0.05, 0) is 29.9 Å². The molecule has 1 saturated carbocycles. The number of hydrogen-bond acceptors (Lipinski definition) is 3. The zero-order valence-electron chi connectivity index (χ0n) is 13.1. The average molecular weight is 291 g/mol. The summed E-state index contributed by atoms with van der Waals surface area (Å²) in [6, 6.07) is 8.14. The molecule has 0 radical (unpaired) electrons. The molecule has 1 aromatic carbocycles. The van der Waals surface area contributed by atoms with E-state index in [-0.39, 0.29) is 24.5 Å². The van der Waals surface area contributed by atoms with Crippen LogP contribution in [0.2, 0.25) is 0 Å². The molecule has 2 rings (SSSR count). The molecule has 0 atom stereocenters. The van der Waals surface area contributed by atoms with Crippen molar-refractivity contribution in [1.29, 1.82) is 0 Å². The first-order valence-electron chi connectivity index (χ1n) is 7.56. The highest BCUT2D eigenvalue weighted by Crippen LogP contribution is 2.31. The van der Waals surface area contributed by atoms with Crippen LogP contribution in [-0.2, 0) is 10.2 Å². The summed E-state index contributed by atoms with van der Waals surface area (Å²) < 4.78 is 5.76. The van der Waals surface area contributed by atoms with Crippen LogP contribution in [0.3, 0.4) is 0 Å². The summed E-state index contributed by atoms with van der Waals surface area (Å²) in [5, 5.41) is 9.06. The van der Waals surface area contributed by atoms with Crippen LogP contribution in [0.1, 0.15) is 39.2 Å². The highest BCUT2D eigenvalue weighted by molar-refractivity contribution is 5.78. The van der Waals surface area contributed by atoms with Gasteiger partial charge in [0.15, 0.2) is 6.61 Å². The third-order valence-electron chi connectivity index (χ3n) is 3.70. The number of benzene rings is 1. The SMILES string of the molecule is CC(C)(C)c1ccccc1OCC(=O)N(CCO)C1CC1. The quantitative estimate of drug-likeness (QED) is 0.875. The van der Waals surface area contributed by atoms with E-state index in [2.05, 4.69) is 20.8 Å². The topological polar surface area (TPSA) is 49.8 Å². The Morgan fingerprint density at radius 1 is 1.33 bits per heavy atom. The second-order valence-electron chi connectivity index (χ2n) is 6.58. The van der Waals surface area contributed by atoms with Gasteiger partial charge in [0.2, 0.25) is 0 Å². The summed E-state index contributed by atoms with van der Waals surface area (Å²) in [5.41, 5.74) is 1.07. The molecule has 116 valence electrons. The fourth-order valence-corrected chi connectivity index (χ4v) is 2.44. The standard InChI is InChI=1S/C17H25NO3/c1-17(2,3)14-6-4-5-7-15(14)21-12-16(20)18(10-11-19)13-8-9-13/h4-7,13,19H,8-12H2,1-3H3. The lowest BCUT2D eigenvalue weighted by molar-refractivity contribution is -0.134. The molecule has 1 aliphatic carbocycles. The van der Waals surface area contributed by atoms with Crippen molar-refractivity contribution in [3.8, 4) is 5.75 Å². The van der Waals surface area contributed by atoms with Crippen LogP contribution in [-0.4, -0.2) is 41.7 Å². The molecule has 0 spiro atoms. The molecule has 0 heterocycles. The molecule has 0 aromatic heterocycles. The van der Waals surface area contributed by atoms with Crippen molar-refractivity contribution in [1.82, 2.24) is 4.90 Å². The predicted molar refractivity (Wildman–Crippen MR) is 82.5 cm³/mol. The summed E-state index contributed by atoms with van der Waals surface area (Å²) in [5.74, 6) is 0.716. The Kier molecular flexibility index (Phi) is 4.88. The van der Waals surface area contributed by atoms with Crippen LogP contribution >= 0.6 is 0 Å². The summed E-state index contributed by atoms with van der Waals surface area (Å²) >= 11 is 0. The minimum absolute atomic E-state index is 0.000812. The van der Waals surface area contributed by atoms with Crippen LogP contribution in [0.15, 0.2) is 24.3 Å². The molecule has 1 amide bonds. The molecular weight excluding hydrogens is 266 g/mol. The molecule has 4 heteroatoms. The minimum atomic E-state index is -0.0461. The second kappa shape index (κ2) is 6.48. The maximum Gasteiger partial charge on any atom is 0.260 e. The van der Waals surface area contributed by atoms with Crippen LogP contribution in [0.5, 0.6) is 5.75 Å². The third kappa shape index (κ3) is 4.21. The lowest BCUT2D eigenvalue weighted by atomic mass is 9.86. The Bertz CT molecular complexity index is 489. The van der Waals surface area contributed by atoms with Crippen LogP contribution in [0.4, 0.5) is 0 Å². The molecule has 1 fully saturated rings. The monoisotopic (exact) mass is 291 g/mol. The molecule has 0 unspecified atom stereocenters. The molecule has 0 saturated heterocycles. The van der Waals surface area contributed by atoms with Gasteiger partial charge in [-0.15, -0.1) is 0 Å². The maximum atomic E-state index is 12.2. The van der Waals surface area contributed by atoms with E-state index < -0.39 is 0 Å². The number of hydrogen-bond donors (Lipinski definition) is 1. The van der Waals surface area contributed by atoms with E-state index in [1.165, 1.54) is 0 Å². The summed E-state index contributed by atoms with van der Waals surface area (Å²) in [6.07, 6.45) is 2.06. The van der Waals surface area contributed by atoms with E-state index in [9.17, 15) is 4.79 Å². The normalized spacial score (nSPS) is 14.9. The molecule has 0 aliphatic heterocycles.